The van der Waals surface area contributed by atoms with Gasteiger partial charge in [0, 0.05) is 26.2 Å². The molecular formula is C16H16F3N5O3S2. The summed E-state index contributed by atoms with van der Waals surface area (Å²) in [6.45, 7) is 0.822. The zero-order valence-corrected chi connectivity index (χ0v) is 16.7. The Bertz CT molecular complexity index is 1150. The first-order chi connectivity index (χ1) is 13.7. The van der Waals surface area contributed by atoms with Crippen LogP contribution in [0.1, 0.15) is 16.5 Å². The van der Waals surface area contributed by atoms with Crippen molar-refractivity contribution < 1.29 is 26.7 Å². The van der Waals surface area contributed by atoms with E-state index in [1.165, 1.54) is 15.1 Å². The molecule has 1 fully saturated rings. The largest absolute Gasteiger partial charge is 0.492 e. The molecule has 0 aliphatic carbocycles. The predicted molar refractivity (Wildman–Crippen MR) is 98.7 cm³/mol. The van der Waals surface area contributed by atoms with Crippen molar-refractivity contribution >= 4 is 26.3 Å². The summed E-state index contributed by atoms with van der Waals surface area (Å²) in [5.74, 6) is -4.53. The molecule has 3 aromatic rings. The second-order valence-electron chi connectivity index (χ2n) is 6.64. The van der Waals surface area contributed by atoms with Gasteiger partial charge in [-0.3, -0.25) is 4.90 Å². The molecule has 1 aliphatic heterocycles. The molecule has 1 N–H and O–H groups in total. The summed E-state index contributed by atoms with van der Waals surface area (Å²) in [4.78, 5) is 6.48. The first-order valence-electron chi connectivity index (χ1n) is 8.52. The van der Waals surface area contributed by atoms with Gasteiger partial charge in [-0.15, -0.1) is 0 Å². The fraction of sp³-hybridized carbons (Fsp3) is 0.375. The number of piperazine rings is 1. The molecule has 1 aliphatic rings. The monoisotopic (exact) mass is 447 g/mol. The van der Waals surface area contributed by atoms with E-state index in [-0.39, 0.29) is 37.6 Å². The van der Waals surface area contributed by atoms with Crippen molar-refractivity contribution in [3.8, 4) is 5.88 Å². The molecule has 1 atom stereocenters. The van der Waals surface area contributed by atoms with Crippen LogP contribution in [0.25, 0.3) is 4.96 Å². The van der Waals surface area contributed by atoms with Crippen molar-refractivity contribution in [1.29, 1.82) is 0 Å². The molecule has 156 valence electrons. The van der Waals surface area contributed by atoms with Crippen LogP contribution in [0.15, 0.2) is 18.5 Å². The fourth-order valence-electron chi connectivity index (χ4n) is 3.43. The highest BCUT2D eigenvalue weighted by Gasteiger charge is 2.34. The Hall–Kier alpha value is -2.22. The van der Waals surface area contributed by atoms with Crippen molar-refractivity contribution in [1.82, 2.24) is 23.8 Å². The SMILES string of the molecule is CS(=O)(=O)N1CCN([C@@H](c2cc(F)c(F)c(F)c2)c2sc3ncnn3c2O)CC1. The fourth-order valence-corrected chi connectivity index (χ4v) is 5.34. The van der Waals surface area contributed by atoms with Crippen LogP contribution in [0, 0.1) is 17.5 Å². The van der Waals surface area contributed by atoms with Gasteiger partial charge in [-0.2, -0.15) is 13.9 Å². The molecule has 3 heterocycles. The number of benzene rings is 1. The maximum Gasteiger partial charge on any atom is 0.230 e. The van der Waals surface area contributed by atoms with E-state index in [2.05, 4.69) is 10.1 Å². The molecule has 1 saturated heterocycles. The van der Waals surface area contributed by atoms with Gasteiger partial charge in [0.05, 0.1) is 17.2 Å². The zero-order valence-electron chi connectivity index (χ0n) is 15.1. The number of nitrogens with zero attached hydrogens (tertiary/aromatic N) is 5. The minimum absolute atomic E-state index is 0.0917. The van der Waals surface area contributed by atoms with Gasteiger partial charge < -0.3 is 5.11 Å². The van der Waals surface area contributed by atoms with Gasteiger partial charge in [0.2, 0.25) is 20.9 Å². The van der Waals surface area contributed by atoms with Crippen molar-refractivity contribution in [2.24, 2.45) is 0 Å². The third-order valence-electron chi connectivity index (χ3n) is 4.82. The van der Waals surface area contributed by atoms with Gasteiger partial charge in [-0.1, -0.05) is 11.3 Å². The maximum absolute atomic E-state index is 13.9. The van der Waals surface area contributed by atoms with Crippen molar-refractivity contribution in [3.05, 3.63) is 46.4 Å². The summed E-state index contributed by atoms with van der Waals surface area (Å²) >= 11 is 1.08. The van der Waals surface area contributed by atoms with Gasteiger partial charge in [-0.25, -0.2) is 26.6 Å². The van der Waals surface area contributed by atoms with E-state index in [1.807, 2.05) is 0 Å². The standard InChI is InChI=1S/C16H16F3N5O3S2/c1-29(26,27)23-4-2-22(3-5-23)13(9-6-10(17)12(19)11(18)7-9)14-15(25)24-16(28-14)20-8-21-24/h6-8,13,25H,2-5H2,1H3/t13-/m0/s1. The molecule has 0 saturated carbocycles. The lowest BCUT2D eigenvalue weighted by molar-refractivity contribution is 0.155. The van der Waals surface area contributed by atoms with Crippen LogP contribution < -0.4 is 0 Å². The topological polar surface area (TPSA) is 91.0 Å². The Morgan fingerprint density at radius 3 is 2.31 bits per heavy atom. The van der Waals surface area contributed by atoms with Crippen molar-refractivity contribution in [2.45, 2.75) is 6.04 Å². The average molecular weight is 447 g/mol. The number of fused-ring (bicyclic) bond motifs is 1. The van der Waals surface area contributed by atoms with Gasteiger partial charge in [0.1, 0.15) is 6.33 Å². The third-order valence-corrected chi connectivity index (χ3v) is 7.21. The van der Waals surface area contributed by atoms with Crippen LogP contribution in [-0.2, 0) is 10.0 Å². The lowest BCUT2D eigenvalue weighted by atomic mass is 10.0. The van der Waals surface area contributed by atoms with E-state index in [0.29, 0.717) is 9.84 Å². The van der Waals surface area contributed by atoms with E-state index in [4.69, 9.17) is 0 Å². The average Bonchev–Trinajstić information content (AvgIpc) is 3.23. The highest BCUT2D eigenvalue weighted by molar-refractivity contribution is 7.88. The van der Waals surface area contributed by atoms with Crippen LogP contribution in [0.2, 0.25) is 0 Å². The smallest absolute Gasteiger partial charge is 0.230 e. The number of hydrogen-bond donors (Lipinski definition) is 1. The summed E-state index contributed by atoms with van der Waals surface area (Å²) < 4.78 is 67.4. The Balaban J connectivity index is 1.78. The molecule has 13 heteroatoms. The molecule has 1 aromatic carbocycles. The van der Waals surface area contributed by atoms with Gasteiger partial charge in [-0.05, 0) is 17.7 Å². The quantitative estimate of drug-likeness (QED) is 0.611. The first kappa shape index (κ1) is 20.1. The molecule has 0 spiro atoms. The molecule has 8 nitrogen and oxygen atoms in total. The molecule has 29 heavy (non-hydrogen) atoms. The van der Waals surface area contributed by atoms with Crippen molar-refractivity contribution in [2.75, 3.05) is 32.4 Å². The molecular weight excluding hydrogens is 431 g/mol. The second-order valence-corrected chi connectivity index (χ2v) is 9.63. The number of halogens is 3. The van der Waals surface area contributed by atoms with Crippen LogP contribution in [0.5, 0.6) is 5.88 Å². The first-order valence-corrected chi connectivity index (χ1v) is 11.2. The molecule has 0 bridgehead atoms. The summed E-state index contributed by atoms with van der Waals surface area (Å²) in [6, 6.07) is 0.915. The highest BCUT2D eigenvalue weighted by atomic mass is 32.2. The Labute approximate surface area is 167 Å². The molecule has 0 unspecified atom stereocenters. The zero-order chi connectivity index (χ0) is 20.9. The van der Waals surface area contributed by atoms with E-state index >= 15 is 0 Å². The number of rotatable bonds is 4. The minimum atomic E-state index is -3.38. The lowest BCUT2D eigenvalue weighted by Gasteiger charge is -2.38. The summed E-state index contributed by atoms with van der Waals surface area (Å²) in [7, 11) is -3.38. The Morgan fingerprint density at radius 2 is 1.76 bits per heavy atom. The number of aromatic nitrogens is 3. The Morgan fingerprint density at radius 1 is 1.14 bits per heavy atom. The third kappa shape index (κ3) is 3.58. The normalized spacial score (nSPS) is 17.8. The van der Waals surface area contributed by atoms with E-state index in [9.17, 15) is 26.7 Å². The number of thiazole rings is 1. The second kappa shape index (κ2) is 7.23. The van der Waals surface area contributed by atoms with E-state index in [0.717, 1.165) is 29.7 Å². The summed E-state index contributed by atoms with van der Waals surface area (Å²) in [6.07, 6.45) is 2.36. The molecule has 0 amide bonds. The van der Waals surface area contributed by atoms with Crippen LogP contribution in [0.4, 0.5) is 13.2 Å². The number of aromatic hydroxyl groups is 1. The van der Waals surface area contributed by atoms with Gasteiger partial charge in [0.15, 0.2) is 17.5 Å². The highest BCUT2D eigenvalue weighted by Crippen LogP contribution is 2.40. The van der Waals surface area contributed by atoms with Gasteiger partial charge in [0.25, 0.3) is 0 Å². The van der Waals surface area contributed by atoms with E-state index in [1.54, 1.807) is 4.90 Å². The van der Waals surface area contributed by atoms with Crippen LogP contribution in [0.3, 0.4) is 0 Å². The number of hydrogen-bond acceptors (Lipinski definition) is 7. The van der Waals surface area contributed by atoms with E-state index < -0.39 is 33.5 Å². The molecule has 2 aromatic heterocycles. The lowest BCUT2D eigenvalue weighted by Crippen LogP contribution is -2.49. The number of sulfonamides is 1. The van der Waals surface area contributed by atoms with Gasteiger partial charge >= 0.3 is 0 Å². The Kier molecular flexibility index (Phi) is 5.01. The van der Waals surface area contributed by atoms with Crippen LogP contribution >= 0.6 is 11.3 Å². The molecule has 0 radical (unpaired) electrons. The summed E-state index contributed by atoms with van der Waals surface area (Å²) in [5, 5.41) is 14.5. The predicted octanol–water partition coefficient (Wildman–Crippen LogP) is 1.58. The summed E-state index contributed by atoms with van der Waals surface area (Å²) in [5.41, 5.74) is 0.0917. The molecule has 4 rings (SSSR count). The van der Waals surface area contributed by atoms with Crippen LogP contribution in [-0.4, -0.2) is 69.8 Å². The maximum atomic E-state index is 13.9. The van der Waals surface area contributed by atoms with Crippen molar-refractivity contribution in [3.63, 3.8) is 0 Å². The minimum Gasteiger partial charge on any atom is -0.492 e.